The van der Waals surface area contributed by atoms with E-state index in [-0.39, 0.29) is 17.4 Å². The van der Waals surface area contributed by atoms with Crippen molar-refractivity contribution in [1.29, 1.82) is 0 Å². The summed E-state index contributed by atoms with van der Waals surface area (Å²) in [5.41, 5.74) is 3.14. The van der Waals surface area contributed by atoms with Gasteiger partial charge in [0.25, 0.3) is 5.91 Å². The molecule has 0 aliphatic carbocycles. The molecule has 0 aliphatic rings. The van der Waals surface area contributed by atoms with Crippen molar-refractivity contribution in [2.75, 3.05) is 0 Å². The number of hydrogen-bond donors (Lipinski definition) is 2. The Labute approximate surface area is 113 Å². The molecular formula is C12H12FN3O2S. The molecule has 19 heavy (non-hydrogen) atoms. The molecule has 0 saturated carbocycles. The Morgan fingerprint density at radius 3 is 3.05 bits per heavy atom. The summed E-state index contributed by atoms with van der Waals surface area (Å²) in [6.45, 7) is 1.87. The third-order valence-corrected chi connectivity index (χ3v) is 3.28. The van der Waals surface area contributed by atoms with Crippen LogP contribution in [0.15, 0.2) is 23.6 Å². The number of rotatable bonds is 4. The Morgan fingerprint density at radius 1 is 1.58 bits per heavy atom. The molecule has 1 aromatic heterocycles. The second-order valence-electron chi connectivity index (χ2n) is 3.82. The smallest absolute Gasteiger partial charge is 0.294 e. The van der Waals surface area contributed by atoms with Crippen LogP contribution in [0.25, 0.3) is 0 Å². The number of benzene rings is 1. The number of nitrogens with one attached hydrogen (secondary N) is 1. The minimum atomic E-state index is -0.436. The van der Waals surface area contributed by atoms with E-state index in [1.807, 2.05) is 5.43 Å². The van der Waals surface area contributed by atoms with Crippen molar-refractivity contribution in [2.45, 2.75) is 13.5 Å². The van der Waals surface area contributed by atoms with Crippen LogP contribution >= 0.6 is 11.3 Å². The van der Waals surface area contributed by atoms with Crippen LogP contribution < -0.4 is 16.0 Å². The van der Waals surface area contributed by atoms with Crippen LogP contribution in [0.5, 0.6) is 5.75 Å². The predicted octanol–water partition coefficient (Wildman–Crippen LogP) is 1.77. The van der Waals surface area contributed by atoms with Crippen LogP contribution in [-0.4, -0.2) is 10.9 Å². The summed E-state index contributed by atoms with van der Waals surface area (Å²) in [7, 11) is 0. The summed E-state index contributed by atoms with van der Waals surface area (Å²) in [6.07, 6.45) is 0. The lowest BCUT2D eigenvalue weighted by Gasteiger charge is -2.05. The summed E-state index contributed by atoms with van der Waals surface area (Å²) in [4.78, 5) is 15.3. The monoisotopic (exact) mass is 281 g/mol. The highest BCUT2D eigenvalue weighted by Gasteiger charge is 2.10. The van der Waals surface area contributed by atoms with E-state index in [2.05, 4.69) is 4.98 Å². The Morgan fingerprint density at radius 2 is 2.37 bits per heavy atom. The van der Waals surface area contributed by atoms with E-state index in [0.29, 0.717) is 17.0 Å². The van der Waals surface area contributed by atoms with Gasteiger partial charge in [-0.1, -0.05) is 0 Å². The normalized spacial score (nSPS) is 10.3. The number of nitrogens with zero attached hydrogens (tertiary/aromatic N) is 1. The van der Waals surface area contributed by atoms with Gasteiger partial charge < -0.3 is 4.74 Å². The molecule has 100 valence electrons. The van der Waals surface area contributed by atoms with E-state index in [4.69, 9.17) is 10.6 Å². The number of halogens is 1. The second kappa shape index (κ2) is 5.77. The third-order valence-electron chi connectivity index (χ3n) is 2.39. The molecule has 2 aromatic rings. The highest BCUT2D eigenvalue weighted by Crippen LogP contribution is 2.18. The second-order valence-corrected chi connectivity index (χ2v) is 4.68. The van der Waals surface area contributed by atoms with Crippen LogP contribution in [0.2, 0.25) is 0 Å². The number of hydrogen-bond acceptors (Lipinski definition) is 5. The number of hydrazine groups is 1. The predicted molar refractivity (Wildman–Crippen MR) is 69.2 cm³/mol. The van der Waals surface area contributed by atoms with E-state index >= 15 is 0 Å². The summed E-state index contributed by atoms with van der Waals surface area (Å²) in [6, 6.07) is 4.50. The first-order valence-electron chi connectivity index (χ1n) is 5.44. The average Bonchev–Trinajstić information content (AvgIpc) is 2.88. The van der Waals surface area contributed by atoms with Gasteiger partial charge in [0.2, 0.25) is 0 Å². The number of aromatic nitrogens is 1. The maximum Gasteiger partial charge on any atom is 0.294 e. The molecule has 0 spiro atoms. The molecule has 0 aliphatic heterocycles. The summed E-state index contributed by atoms with van der Waals surface area (Å²) in [5, 5.41) is 1.98. The van der Waals surface area contributed by atoms with Gasteiger partial charge in [0, 0.05) is 5.38 Å². The SMILES string of the molecule is Cc1cc(OCc2csc(C(=O)NN)n2)ccc1F. The largest absolute Gasteiger partial charge is 0.487 e. The van der Waals surface area contributed by atoms with Crippen molar-refractivity contribution in [3.8, 4) is 5.75 Å². The maximum atomic E-state index is 13.1. The van der Waals surface area contributed by atoms with Crippen molar-refractivity contribution in [3.05, 3.63) is 45.7 Å². The zero-order chi connectivity index (χ0) is 13.8. The number of thiazole rings is 1. The van der Waals surface area contributed by atoms with Crippen molar-refractivity contribution in [3.63, 3.8) is 0 Å². The van der Waals surface area contributed by atoms with E-state index in [1.165, 1.54) is 17.4 Å². The van der Waals surface area contributed by atoms with E-state index < -0.39 is 5.91 Å². The number of ether oxygens (including phenoxy) is 1. The quantitative estimate of drug-likeness (QED) is 0.508. The van der Waals surface area contributed by atoms with Crippen molar-refractivity contribution in [2.24, 2.45) is 5.84 Å². The number of amides is 1. The molecule has 0 unspecified atom stereocenters. The van der Waals surface area contributed by atoms with Gasteiger partial charge in [0.1, 0.15) is 18.2 Å². The summed E-state index contributed by atoms with van der Waals surface area (Å²) < 4.78 is 18.5. The highest BCUT2D eigenvalue weighted by molar-refractivity contribution is 7.11. The van der Waals surface area contributed by atoms with Crippen molar-refractivity contribution in [1.82, 2.24) is 10.4 Å². The molecule has 1 heterocycles. The Kier molecular flexibility index (Phi) is 4.08. The number of nitrogen functional groups attached to an aromatic ring is 1. The Hall–Kier alpha value is -1.99. The fraction of sp³-hybridized carbons (Fsp3) is 0.167. The first kappa shape index (κ1) is 13.4. The topological polar surface area (TPSA) is 77.2 Å². The first-order valence-corrected chi connectivity index (χ1v) is 6.32. The van der Waals surface area contributed by atoms with Crippen LogP contribution in [0.3, 0.4) is 0 Å². The molecule has 1 amide bonds. The van der Waals surface area contributed by atoms with Gasteiger partial charge in [-0.05, 0) is 30.7 Å². The van der Waals surface area contributed by atoms with Gasteiger partial charge in [-0.15, -0.1) is 11.3 Å². The lowest BCUT2D eigenvalue weighted by molar-refractivity contribution is 0.0953. The Balaban J connectivity index is 2.00. The lowest BCUT2D eigenvalue weighted by Crippen LogP contribution is -2.29. The van der Waals surface area contributed by atoms with Crippen LogP contribution in [0, 0.1) is 12.7 Å². The van der Waals surface area contributed by atoms with Gasteiger partial charge in [0.05, 0.1) is 5.69 Å². The fourth-order valence-corrected chi connectivity index (χ4v) is 2.11. The van der Waals surface area contributed by atoms with Crippen LogP contribution in [0.4, 0.5) is 4.39 Å². The minimum absolute atomic E-state index is 0.208. The van der Waals surface area contributed by atoms with E-state index in [1.54, 1.807) is 24.4 Å². The number of carbonyl (C=O) groups excluding carboxylic acids is 1. The third kappa shape index (κ3) is 3.27. The molecule has 3 N–H and O–H groups in total. The van der Waals surface area contributed by atoms with Gasteiger partial charge in [-0.2, -0.15) is 0 Å². The summed E-state index contributed by atoms with van der Waals surface area (Å²) in [5.74, 6) is 4.85. The average molecular weight is 281 g/mol. The zero-order valence-corrected chi connectivity index (χ0v) is 11.0. The molecule has 0 radical (unpaired) electrons. The van der Waals surface area contributed by atoms with Crippen molar-refractivity contribution < 1.29 is 13.9 Å². The molecule has 5 nitrogen and oxygen atoms in total. The van der Waals surface area contributed by atoms with Gasteiger partial charge >= 0.3 is 0 Å². The number of aryl methyl sites for hydroxylation is 1. The molecule has 0 saturated heterocycles. The fourth-order valence-electron chi connectivity index (χ4n) is 1.40. The minimum Gasteiger partial charge on any atom is -0.487 e. The van der Waals surface area contributed by atoms with E-state index in [0.717, 1.165) is 0 Å². The molecule has 1 aromatic carbocycles. The molecule has 2 rings (SSSR count). The molecule has 0 bridgehead atoms. The van der Waals surface area contributed by atoms with Gasteiger partial charge in [0.15, 0.2) is 5.01 Å². The molecule has 0 atom stereocenters. The number of nitrogens with two attached hydrogens (primary N) is 1. The first-order chi connectivity index (χ1) is 9.10. The van der Waals surface area contributed by atoms with E-state index in [9.17, 15) is 9.18 Å². The lowest BCUT2D eigenvalue weighted by atomic mass is 10.2. The molecular weight excluding hydrogens is 269 g/mol. The molecule has 0 fully saturated rings. The Bertz CT molecular complexity index is 600. The molecule has 7 heteroatoms. The van der Waals surface area contributed by atoms with Crippen LogP contribution in [-0.2, 0) is 6.61 Å². The van der Waals surface area contributed by atoms with Crippen LogP contribution in [0.1, 0.15) is 21.1 Å². The standard InChI is InChI=1S/C12H12FN3O2S/c1-7-4-9(2-3-10(7)13)18-5-8-6-19-12(15-8)11(17)16-14/h2-4,6H,5,14H2,1H3,(H,16,17). The zero-order valence-electron chi connectivity index (χ0n) is 10.1. The number of carbonyl (C=O) groups is 1. The van der Waals surface area contributed by atoms with Gasteiger partial charge in [-0.3, -0.25) is 10.2 Å². The van der Waals surface area contributed by atoms with Crippen molar-refractivity contribution >= 4 is 17.2 Å². The van der Waals surface area contributed by atoms with Gasteiger partial charge in [-0.25, -0.2) is 15.2 Å². The highest BCUT2D eigenvalue weighted by atomic mass is 32.1. The maximum absolute atomic E-state index is 13.1. The summed E-state index contributed by atoms with van der Waals surface area (Å²) >= 11 is 1.18.